The van der Waals surface area contributed by atoms with Crippen LogP contribution in [0.5, 0.6) is 46.0 Å². The Morgan fingerprint density at radius 3 is 1.11 bits per heavy atom. The van der Waals surface area contributed by atoms with Gasteiger partial charge in [-0.2, -0.15) is 0 Å². The summed E-state index contributed by atoms with van der Waals surface area (Å²) in [4.78, 5) is 0. The molecule has 0 bridgehead atoms. The van der Waals surface area contributed by atoms with Crippen LogP contribution in [0.15, 0.2) is 81.2 Å². The van der Waals surface area contributed by atoms with E-state index in [1.165, 1.54) is 0 Å². The molecule has 6 aromatic rings. The van der Waals surface area contributed by atoms with Gasteiger partial charge in [-0.25, -0.2) is 0 Å². The number of ether oxygens (including phenoxy) is 4. The van der Waals surface area contributed by atoms with Crippen LogP contribution >= 0.6 is 16.8 Å². The number of hydrogen-bond donors (Lipinski definition) is 0. The zero-order valence-corrected chi connectivity index (χ0v) is 40.7. The zero-order valence-electron chi connectivity index (χ0n) is 38.9. The molecular formula is C50H60O10P2. The van der Waals surface area contributed by atoms with E-state index in [1.807, 2.05) is 72.8 Å². The van der Waals surface area contributed by atoms with E-state index in [1.54, 1.807) is 28.4 Å². The summed E-state index contributed by atoms with van der Waals surface area (Å²) in [5.74, 6) is 5.00. The van der Waals surface area contributed by atoms with Crippen molar-refractivity contribution in [3.8, 4) is 57.1 Å². The highest BCUT2D eigenvalue weighted by atomic mass is 31.2. The molecule has 330 valence electrons. The van der Waals surface area contributed by atoms with Crippen LogP contribution in [-0.4, -0.2) is 28.4 Å². The summed E-state index contributed by atoms with van der Waals surface area (Å²) in [5, 5.41) is 1.62. The quantitative estimate of drug-likeness (QED) is 0.130. The first-order valence-corrected chi connectivity index (χ1v) is 22.9. The van der Waals surface area contributed by atoms with Crippen molar-refractivity contribution in [1.29, 1.82) is 0 Å². The summed E-state index contributed by atoms with van der Waals surface area (Å²) in [6.07, 6.45) is 0. The van der Waals surface area contributed by atoms with E-state index in [-0.39, 0.29) is 10.8 Å². The molecule has 0 unspecified atom stereocenters. The van der Waals surface area contributed by atoms with Gasteiger partial charge in [-0.05, 0) is 82.3 Å². The van der Waals surface area contributed by atoms with Crippen molar-refractivity contribution in [1.82, 2.24) is 0 Å². The second kappa shape index (κ2) is 16.5. The summed E-state index contributed by atoms with van der Waals surface area (Å²) in [5.41, 5.74) is 4.66. The van der Waals surface area contributed by atoms with Crippen LogP contribution in [0.25, 0.3) is 33.1 Å². The van der Waals surface area contributed by atoms with Gasteiger partial charge in [-0.15, -0.1) is 0 Å². The third kappa shape index (κ3) is 8.87. The van der Waals surface area contributed by atoms with Gasteiger partial charge in [-0.1, -0.05) is 95.2 Å². The Balaban J connectivity index is 1.60. The van der Waals surface area contributed by atoms with Gasteiger partial charge in [0.2, 0.25) is 0 Å². The average Bonchev–Trinajstić information content (AvgIpc) is 3.54. The molecule has 7 rings (SSSR count). The van der Waals surface area contributed by atoms with Gasteiger partial charge in [0.1, 0.15) is 45.7 Å². The monoisotopic (exact) mass is 882 g/mol. The molecule has 1 aliphatic rings. The van der Waals surface area contributed by atoms with Crippen molar-refractivity contribution in [2.24, 2.45) is 0 Å². The number of rotatable bonds is 9. The lowest BCUT2D eigenvalue weighted by molar-refractivity contribution is 0.405. The largest absolute Gasteiger partial charge is 0.530 e. The van der Waals surface area contributed by atoms with E-state index < -0.39 is 27.7 Å². The SMILES string of the molecule is COc1cc(-c2cc(OC)cc(C(C)(C)C)c2Op2oc3c(C(C)(C)C)cc(OC)cc3c3cc(OC)cc(C(C)(C)C)c3o2)c(OP2Oc3ccccc3O2)c(C(C)(C)C)c1. The summed E-state index contributed by atoms with van der Waals surface area (Å²) in [6, 6.07) is 23.6. The van der Waals surface area contributed by atoms with Gasteiger partial charge in [0.25, 0.3) is 0 Å². The van der Waals surface area contributed by atoms with Gasteiger partial charge in [-0.3, -0.25) is 0 Å². The first-order chi connectivity index (χ1) is 29.0. The summed E-state index contributed by atoms with van der Waals surface area (Å²) in [7, 11) is 2.58. The lowest BCUT2D eigenvalue weighted by Gasteiger charge is -2.28. The molecule has 1 aromatic heterocycles. The maximum atomic E-state index is 7.36. The molecule has 10 nitrogen and oxygen atoms in total. The fourth-order valence-corrected chi connectivity index (χ4v) is 9.70. The number of methoxy groups -OCH3 is 4. The lowest BCUT2D eigenvalue weighted by Crippen LogP contribution is -2.15. The Kier molecular flexibility index (Phi) is 11.9. The smallest absolute Gasteiger partial charge is 0.497 e. The molecule has 12 heteroatoms. The van der Waals surface area contributed by atoms with Crippen LogP contribution in [-0.2, 0) is 21.7 Å². The number of fused-ring (bicyclic) bond motifs is 4. The molecule has 0 aliphatic carbocycles. The zero-order chi connectivity index (χ0) is 45.1. The molecule has 0 amide bonds. The second-order valence-corrected chi connectivity index (χ2v) is 21.6. The first kappa shape index (κ1) is 44.9. The van der Waals surface area contributed by atoms with Gasteiger partial charge in [0, 0.05) is 44.2 Å². The van der Waals surface area contributed by atoms with Crippen LogP contribution in [0.1, 0.15) is 105 Å². The predicted octanol–water partition coefficient (Wildman–Crippen LogP) is 15.1. The summed E-state index contributed by atoms with van der Waals surface area (Å²) in [6.45, 7) is 25.8. The molecule has 0 radical (unpaired) electrons. The molecule has 0 atom stereocenters. The maximum Gasteiger partial charge on any atom is 0.530 e. The Labute approximate surface area is 368 Å². The number of para-hydroxylation sites is 2. The van der Waals surface area contributed by atoms with Crippen molar-refractivity contribution in [3.05, 3.63) is 95.1 Å². The van der Waals surface area contributed by atoms with Crippen molar-refractivity contribution in [2.75, 3.05) is 28.4 Å². The Morgan fingerprint density at radius 2 is 0.758 bits per heavy atom. The average molecular weight is 883 g/mol. The van der Waals surface area contributed by atoms with Crippen molar-refractivity contribution in [2.45, 2.75) is 105 Å². The van der Waals surface area contributed by atoms with Crippen LogP contribution in [0.4, 0.5) is 0 Å². The van der Waals surface area contributed by atoms with Crippen LogP contribution < -0.4 is 37.0 Å². The molecule has 2 heterocycles. The van der Waals surface area contributed by atoms with Crippen molar-refractivity contribution < 1.29 is 45.4 Å². The lowest BCUT2D eigenvalue weighted by atomic mass is 9.81. The van der Waals surface area contributed by atoms with Gasteiger partial charge in [0.05, 0.1) is 28.4 Å². The fourth-order valence-electron chi connectivity index (χ4n) is 7.47. The van der Waals surface area contributed by atoms with Crippen molar-refractivity contribution >= 4 is 38.8 Å². The second-order valence-electron chi connectivity index (χ2n) is 19.6. The molecule has 0 N–H and O–H groups in total. The molecule has 5 aromatic carbocycles. The van der Waals surface area contributed by atoms with E-state index in [4.69, 9.17) is 45.4 Å². The van der Waals surface area contributed by atoms with Crippen LogP contribution in [0, 0.1) is 0 Å². The van der Waals surface area contributed by atoms with E-state index in [0.717, 1.165) is 33.0 Å². The Hall–Kier alpha value is -5.17. The third-order valence-corrected chi connectivity index (χ3v) is 12.9. The van der Waals surface area contributed by atoms with E-state index in [2.05, 4.69) is 83.1 Å². The van der Waals surface area contributed by atoms with Crippen molar-refractivity contribution in [3.63, 3.8) is 0 Å². The molecule has 62 heavy (non-hydrogen) atoms. The minimum absolute atomic E-state index is 0.361. The van der Waals surface area contributed by atoms with Gasteiger partial charge in [0.15, 0.2) is 11.5 Å². The molecule has 0 saturated heterocycles. The minimum Gasteiger partial charge on any atom is -0.497 e. The number of benzene rings is 5. The minimum atomic E-state index is -2.22. The van der Waals surface area contributed by atoms with E-state index >= 15 is 0 Å². The number of hydrogen-bond acceptors (Lipinski definition) is 10. The standard InChI is InChI=1S/C50H60O10P2/c1-47(2,3)37-25-29(51-13)21-33(43(37)57-61-55-41-19-17-18-20-42(41)56-61)34-22-30(52-14)26-38(48(4,5)6)44(34)58-62-59-45-35(23-31(53-15)27-39(45)49(7,8)9)36-24-32(54-16)28-40(46(36)60-62)50(10,11)12/h17-28H,1-16H3. The first-order valence-electron chi connectivity index (χ1n) is 20.7. The van der Waals surface area contributed by atoms with Gasteiger partial charge < -0.3 is 45.4 Å². The highest BCUT2D eigenvalue weighted by Crippen LogP contribution is 2.58. The third-order valence-electron chi connectivity index (χ3n) is 10.9. The van der Waals surface area contributed by atoms with Crippen LogP contribution in [0.2, 0.25) is 0 Å². The summed E-state index contributed by atoms with van der Waals surface area (Å²) >= 11 is 0. The molecule has 0 fully saturated rings. The predicted molar refractivity (Wildman–Crippen MR) is 250 cm³/mol. The highest BCUT2D eigenvalue weighted by Gasteiger charge is 2.36. The molecule has 0 saturated carbocycles. The Morgan fingerprint density at radius 1 is 0.419 bits per heavy atom. The van der Waals surface area contributed by atoms with E-state index in [0.29, 0.717) is 68.3 Å². The summed E-state index contributed by atoms with van der Waals surface area (Å²) < 4.78 is 65.0. The van der Waals surface area contributed by atoms with Crippen LogP contribution in [0.3, 0.4) is 0 Å². The van der Waals surface area contributed by atoms with E-state index in [9.17, 15) is 0 Å². The molecule has 1 aliphatic heterocycles. The topological polar surface area (TPSA) is 100 Å². The Bertz CT molecular complexity index is 2580. The maximum absolute atomic E-state index is 7.36. The molecule has 0 spiro atoms. The normalized spacial score (nSPS) is 13.4. The molecular weight excluding hydrogens is 822 g/mol. The van der Waals surface area contributed by atoms with Gasteiger partial charge >= 0.3 is 16.8 Å². The fraction of sp³-hybridized carbons (Fsp3) is 0.400. The highest BCUT2D eigenvalue weighted by molar-refractivity contribution is 7.43.